The highest BCUT2D eigenvalue weighted by molar-refractivity contribution is 5.99. The molecule has 0 aliphatic heterocycles. The van der Waals surface area contributed by atoms with Crippen molar-refractivity contribution in [1.29, 1.82) is 0 Å². The molecule has 0 bridgehead atoms. The molecule has 1 rings (SSSR count). The van der Waals surface area contributed by atoms with Gasteiger partial charge in [-0.25, -0.2) is 9.48 Å². The van der Waals surface area contributed by atoms with Crippen molar-refractivity contribution in [3.05, 3.63) is 5.56 Å². The average Bonchev–Trinajstić information content (AvgIpc) is 2.55. The fraction of sp³-hybridized carbons (Fsp3) is 0.600. The van der Waals surface area contributed by atoms with E-state index in [1.165, 1.54) is 7.11 Å². The Kier molecular flexibility index (Phi) is 3.41. The van der Waals surface area contributed by atoms with Gasteiger partial charge in [0, 0.05) is 20.1 Å². The fourth-order valence-corrected chi connectivity index (χ4v) is 1.44. The Hall–Kier alpha value is -1.72. The molecule has 6 nitrogen and oxygen atoms in total. The number of hydrogen-bond donors (Lipinski definition) is 1. The standard InChI is InChI=1S/C10H18N4O2/c1-6(2)14-8(11)7(10(15)16-5)9(12-14)13(3)4/h6H,11H2,1-5H3. The van der Waals surface area contributed by atoms with Crippen LogP contribution in [0.5, 0.6) is 0 Å². The number of ether oxygens (including phenoxy) is 1. The quantitative estimate of drug-likeness (QED) is 0.775. The normalized spacial score (nSPS) is 10.6. The van der Waals surface area contributed by atoms with E-state index in [0.29, 0.717) is 17.2 Å². The van der Waals surface area contributed by atoms with Crippen LogP contribution < -0.4 is 10.6 Å². The highest BCUT2D eigenvalue weighted by Crippen LogP contribution is 2.26. The number of nitrogen functional groups attached to an aromatic ring is 1. The van der Waals surface area contributed by atoms with Crippen molar-refractivity contribution >= 4 is 17.6 Å². The molecular formula is C10H18N4O2. The molecule has 0 spiro atoms. The summed E-state index contributed by atoms with van der Waals surface area (Å²) in [6.07, 6.45) is 0. The highest BCUT2D eigenvalue weighted by atomic mass is 16.5. The van der Waals surface area contributed by atoms with E-state index >= 15 is 0 Å². The first kappa shape index (κ1) is 12.4. The molecule has 0 aromatic carbocycles. The van der Waals surface area contributed by atoms with Crippen molar-refractivity contribution in [2.24, 2.45) is 0 Å². The summed E-state index contributed by atoms with van der Waals surface area (Å²) >= 11 is 0. The van der Waals surface area contributed by atoms with Crippen LogP contribution in [0.2, 0.25) is 0 Å². The summed E-state index contributed by atoms with van der Waals surface area (Å²) in [6, 6.07) is 0.0945. The van der Waals surface area contributed by atoms with E-state index in [2.05, 4.69) is 5.10 Å². The minimum absolute atomic E-state index is 0.0945. The minimum atomic E-state index is -0.465. The number of nitrogens with two attached hydrogens (primary N) is 1. The molecule has 6 heteroatoms. The Morgan fingerprint density at radius 3 is 2.44 bits per heavy atom. The van der Waals surface area contributed by atoms with Crippen molar-refractivity contribution in [1.82, 2.24) is 9.78 Å². The maximum absolute atomic E-state index is 11.6. The van der Waals surface area contributed by atoms with Crippen molar-refractivity contribution in [2.45, 2.75) is 19.9 Å². The number of carbonyl (C=O) groups excluding carboxylic acids is 1. The largest absolute Gasteiger partial charge is 0.465 e. The van der Waals surface area contributed by atoms with Crippen LogP contribution >= 0.6 is 0 Å². The second-order valence-electron chi connectivity index (χ2n) is 4.01. The second kappa shape index (κ2) is 4.42. The number of nitrogens with zero attached hydrogens (tertiary/aromatic N) is 3. The van der Waals surface area contributed by atoms with E-state index in [1.807, 2.05) is 13.8 Å². The lowest BCUT2D eigenvalue weighted by molar-refractivity contribution is 0.0602. The third-order valence-corrected chi connectivity index (χ3v) is 2.23. The molecule has 2 N–H and O–H groups in total. The van der Waals surface area contributed by atoms with Gasteiger partial charge in [-0.1, -0.05) is 0 Å². The number of methoxy groups -OCH3 is 1. The molecule has 0 amide bonds. The summed E-state index contributed by atoms with van der Waals surface area (Å²) < 4.78 is 6.31. The predicted molar refractivity (Wildman–Crippen MR) is 62.7 cm³/mol. The first-order chi connectivity index (χ1) is 7.40. The zero-order chi connectivity index (χ0) is 12.5. The molecule has 0 atom stereocenters. The van der Waals surface area contributed by atoms with Crippen LogP contribution in [0.4, 0.5) is 11.6 Å². The number of hydrogen-bond acceptors (Lipinski definition) is 5. The van der Waals surface area contributed by atoms with E-state index in [4.69, 9.17) is 10.5 Å². The summed E-state index contributed by atoms with van der Waals surface area (Å²) in [5.41, 5.74) is 6.21. The van der Waals surface area contributed by atoms with Gasteiger partial charge in [0.25, 0.3) is 0 Å². The maximum Gasteiger partial charge on any atom is 0.345 e. The predicted octanol–water partition coefficient (Wildman–Crippen LogP) is 0.899. The van der Waals surface area contributed by atoms with Gasteiger partial charge in [-0.3, -0.25) is 0 Å². The van der Waals surface area contributed by atoms with Gasteiger partial charge >= 0.3 is 5.97 Å². The van der Waals surface area contributed by atoms with Gasteiger partial charge in [0.1, 0.15) is 11.4 Å². The van der Waals surface area contributed by atoms with Crippen LogP contribution in [-0.4, -0.2) is 37.0 Å². The van der Waals surface area contributed by atoms with Crippen molar-refractivity contribution in [2.75, 3.05) is 31.8 Å². The first-order valence-electron chi connectivity index (χ1n) is 5.03. The lowest BCUT2D eigenvalue weighted by atomic mass is 10.3. The maximum atomic E-state index is 11.6. The Labute approximate surface area is 95.0 Å². The van der Waals surface area contributed by atoms with Crippen LogP contribution in [0.3, 0.4) is 0 Å². The molecule has 0 aliphatic rings. The molecule has 1 aromatic heterocycles. The van der Waals surface area contributed by atoms with Crippen LogP contribution in [0.15, 0.2) is 0 Å². The molecule has 0 fully saturated rings. The van der Waals surface area contributed by atoms with E-state index in [1.54, 1.807) is 23.7 Å². The molecule has 0 aliphatic carbocycles. The number of anilines is 2. The smallest absolute Gasteiger partial charge is 0.345 e. The van der Waals surface area contributed by atoms with E-state index in [9.17, 15) is 4.79 Å². The monoisotopic (exact) mass is 226 g/mol. The summed E-state index contributed by atoms with van der Waals surface area (Å²) in [5, 5.41) is 4.29. The van der Waals surface area contributed by atoms with Gasteiger partial charge in [0.05, 0.1) is 7.11 Å². The Morgan fingerprint density at radius 2 is 2.06 bits per heavy atom. The fourth-order valence-electron chi connectivity index (χ4n) is 1.44. The second-order valence-corrected chi connectivity index (χ2v) is 4.01. The van der Waals surface area contributed by atoms with Crippen molar-refractivity contribution < 1.29 is 9.53 Å². The molecular weight excluding hydrogens is 208 g/mol. The lowest BCUT2D eigenvalue weighted by Crippen LogP contribution is -2.14. The van der Waals surface area contributed by atoms with E-state index < -0.39 is 5.97 Å². The Morgan fingerprint density at radius 1 is 1.50 bits per heavy atom. The Balaban J connectivity index is 3.37. The highest BCUT2D eigenvalue weighted by Gasteiger charge is 2.24. The summed E-state index contributed by atoms with van der Waals surface area (Å²) in [4.78, 5) is 13.4. The number of carbonyl (C=O) groups is 1. The van der Waals surface area contributed by atoms with Crippen LogP contribution in [0, 0.1) is 0 Å². The topological polar surface area (TPSA) is 73.4 Å². The summed E-state index contributed by atoms with van der Waals surface area (Å²) in [5.74, 6) is 0.400. The number of aromatic nitrogens is 2. The van der Waals surface area contributed by atoms with Gasteiger partial charge in [-0.05, 0) is 13.8 Å². The van der Waals surface area contributed by atoms with Gasteiger partial charge < -0.3 is 15.4 Å². The summed E-state index contributed by atoms with van der Waals surface area (Å²) in [7, 11) is 4.94. The van der Waals surface area contributed by atoms with Crippen LogP contribution in [0.1, 0.15) is 30.2 Å². The molecule has 16 heavy (non-hydrogen) atoms. The summed E-state index contributed by atoms with van der Waals surface area (Å²) in [6.45, 7) is 3.90. The lowest BCUT2D eigenvalue weighted by Gasteiger charge is -2.09. The number of esters is 1. The molecule has 0 unspecified atom stereocenters. The van der Waals surface area contributed by atoms with E-state index in [-0.39, 0.29) is 6.04 Å². The Bertz CT molecular complexity index is 396. The van der Waals surface area contributed by atoms with Crippen LogP contribution in [-0.2, 0) is 4.74 Å². The molecule has 90 valence electrons. The first-order valence-corrected chi connectivity index (χ1v) is 5.03. The molecule has 0 radical (unpaired) electrons. The number of rotatable bonds is 3. The van der Waals surface area contributed by atoms with Gasteiger partial charge in [-0.2, -0.15) is 5.10 Å². The SMILES string of the molecule is COC(=O)c1c(N(C)C)nn(C(C)C)c1N. The third kappa shape index (κ3) is 1.95. The van der Waals surface area contributed by atoms with Crippen molar-refractivity contribution in [3.8, 4) is 0 Å². The van der Waals surface area contributed by atoms with E-state index in [0.717, 1.165) is 0 Å². The third-order valence-electron chi connectivity index (χ3n) is 2.23. The van der Waals surface area contributed by atoms with Gasteiger partial charge in [0.2, 0.25) is 0 Å². The zero-order valence-corrected chi connectivity index (χ0v) is 10.3. The molecule has 1 aromatic rings. The average molecular weight is 226 g/mol. The van der Waals surface area contributed by atoms with Gasteiger partial charge in [-0.15, -0.1) is 0 Å². The molecule has 1 heterocycles. The van der Waals surface area contributed by atoms with Crippen LogP contribution in [0.25, 0.3) is 0 Å². The zero-order valence-electron chi connectivity index (χ0n) is 10.3. The molecule has 0 saturated carbocycles. The van der Waals surface area contributed by atoms with Gasteiger partial charge in [0.15, 0.2) is 5.82 Å². The van der Waals surface area contributed by atoms with Crippen molar-refractivity contribution in [3.63, 3.8) is 0 Å². The molecule has 0 saturated heterocycles. The minimum Gasteiger partial charge on any atom is -0.465 e.